The van der Waals surface area contributed by atoms with E-state index in [9.17, 15) is 47.8 Å². The summed E-state index contributed by atoms with van der Waals surface area (Å²) in [5, 5.41) is 35.1. The summed E-state index contributed by atoms with van der Waals surface area (Å²) in [6.07, 6.45) is -6.98. The minimum atomic E-state index is -4.61. The van der Waals surface area contributed by atoms with Crippen LogP contribution in [0.5, 0.6) is 0 Å². The number of anilines is 5. The number of hydrogen-bond acceptors (Lipinski definition) is 30. The number of carbonyl (C=O) groups excluding carboxylic acids is 7. The lowest BCUT2D eigenvalue weighted by Crippen LogP contribution is -2.37. The Balaban J connectivity index is 0.524. The molecule has 5 aromatic heterocycles. The van der Waals surface area contributed by atoms with E-state index < -0.39 is 108 Å². The summed E-state index contributed by atoms with van der Waals surface area (Å²) in [6.45, 7) is -4.96. The second-order valence-corrected chi connectivity index (χ2v) is 37.5. The highest BCUT2D eigenvalue weighted by atomic mass is 32.7. The van der Waals surface area contributed by atoms with Crippen LogP contribution >= 0.6 is 33.2 Å². The molecule has 12 atom stereocenters. The molecule has 3 saturated heterocycles. The molecule has 40 nitrogen and oxygen atoms in total. The number of rotatable bonds is 36. The zero-order valence-corrected chi connectivity index (χ0v) is 70.8. The molecule has 0 bridgehead atoms. The van der Waals surface area contributed by atoms with Crippen LogP contribution in [0.15, 0.2) is 128 Å². The summed E-state index contributed by atoms with van der Waals surface area (Å²) >= 11 is 0.671. The van der Waals surface area contributed by atoms with E-state index in [1.807, 2.05) is 53.2 Å². The van der Waals surface area contributed by atoms with Crippen molar-refractivity contribution >= 4 is 133 Å². The number of para-hydroxylation sites is 1. The molecule has 0 aliphatic carbocycles. The molecule has 0 radical (unpaired) electrons. The number of nitrogens with one attached hydrogen (secondary N) is 6. The van der Waals surface area contributed by atoms with Gasteiger partial charge in [0.2, 0.25) is 35.4 Å². The van der Waals surface area contributed by atoms with E-state index in [0.29, 0.717) is 95.9 Å². The van der Waals surface area contributed by atoms with Gasteiger partial charge in [-0.1, -0.05) is 78.4 Å². The van der Waals surface area contributed by atoms with Gasteiger partial charge in [-0.2, -0.15) is 0 Å². The molecule has 4 aliphatic rings. The number of imidazole rings is 2. The predicted octanol–water partition coefficient (Wildman–Crippen LogP) is 7.24. The lowest BCUT2D eigenvalue weighted by molar-refractivity contribution is -0.124. The molecule has 12 N–H and O–H groups in total. The lowest BCUT2D eigenvalue weighted by atomic mass is 9.95. The van der Waals surface area contributed by atoms with Crippen LogP contribution in [0.1, 0.15) is 93.4 Å². The number of aliphatic hydroxyl groups is 1. The third-order valence-electron chi connectivity index (χ3n) is 20.2. The van der Waals surface area contributed by atoms with Crippen molar-refractivity contribution in [2.24, 2.45) is 0 Å². The molecule has 4 aromatic carbocycles. The van der Waals surface area contributed by atoms with Crippen LogP contribution in [0.3, 0.4) is 0 Å². The van der Waals surface area contributed by atoms with Gasteiger partial charge in [-0.05, 0) is 96.6 Å². The number of hydrogen-bond donors (Lipinski definition) is 10. The quantitative estimate of drug-likeness (QED) is 0.0105. The lowest BCUT2D eigenvalue weighted by Gasteiger charge is -2.30. The van der Waals surface area contributed by atoms with E-state index in [4.69, 9.17) is 53.4 Å². The van der Waals surface area contributed by atoms with E-state index in [1.54, 1.807) is 53.4 Å². The number of nitrogens with zero attached hydrogens (tertiary/aromatic N) is 11. The number of halogens is 2. The number of fused-ring (bicyclic) bond motifs is 9. The number of alkyl halides is 2. The molecule has 3 fully saturated rings. The maximum absolute atomic E-state index is 17.1. The molecule has 0 spiro atoms. The van der Waals surface area contributed by atoms with Gasteiger partial charge < -0.3 is 90.8 Å². The van der Waals surface area contributed by atoms with Gasteiger partial charge >= 0.3 is 20.5 Å². The Morgan fingerprint density at radius 2 is 1.27 bits per heavy atom. The van der Waals surface area contributed by atoms with Crippen molar-refractivity contribution < 1.29 is 108 Å². The first-order valence-corrected chi connectivity index (χ1v) is 46.9. The van der Waals surface area contributed by atoms with Crippen molar-refractivity contribution in [3.8, 4) is 22.5 Å². The van der Waals surface area contributed by atoms with Crippen LogP contribution < -0.4 is 48.3 Å². The molecule has 4 aliphatic heterocycles. The number of ether oxygens (including phenoxy) is 4. The van der Waals surface area contributed by atoms with Crippen LogP contribution in [-0.4, -0.2) is 217 Å². The van der Waals surface area contributed by atoms with Crippen LogP contribution in [-0.2, 0) is 109 Å². The molecule has 13 rings (SSSR count). The maximum Gasteiger partial charge on any atom is 0.407 e. The first-order valence-electron chi connectivity index (χ1n) is 39.8. The van der Waals surface area contributed by atoms with Crippen molar-refractivity contribution in [3.63, 3.8) is 0 Å². The zero-order chi connectivity index (χ0) is 87.7. The first-order chi connectivity index (χ1) is 59.6. The normalized spacial score (nSPS) is 21.9. The number of nitrogen functional groups attached to an aromatic ring is 2. The van der Waals surface area contributed by atoms with Crippen LogP contribution in [0, 0.1) is 0 Å². The summed E-state index contributed by atoms with van der Waals surface area (Å²) in [7, 11) is -6.86. The molecule has 9 heterocycles. The Morgan fingerprint density at radius 1 is 0.669 bits per heavy atom. The summed E-state index contributed by atoms with van der Waals surface area (Å²) in [5.41, 5.74) is 19.4. The maximum atomic E-state index is 17.1. The molecular weight excluding hydrogens is 1700 g/mol. The van der Waals surface area contributed by atoms with Crippen molar-refractivity contribution in [2.75, 3.05) is 92.9 Å². The van der Waals surface area contributed by atoms with Gasteiger partial charge in [0, 0.05) is 93.0 Å². The van der Waals surface area contributed by atoms with Crippen molar-refractivity contribution in [2.45, 2.75) is 145 Å². The van der Waals surface area contributed by atoms with Crippen LogP contribution in [0.2, 0.25) is 0 Å². The average Bonchev–Trinajstić information content (AvgIpc) is 1.48. The number of nitrogens with two attached hydrogens (primary N) is 2. The zero-order valence-electron chi connectivity index (χ0n) is 67.3. The first kappa shape index (κ1) is 91.2. The minimum absolute atomic E-state index is 0.0145. The molecule has 0 saturated carbocycles. The number of pyridine rings is 1. The molecule has 660 valence electrons. The molecule has 9 aromatic rings. The van der Waals surface area contributed by atoms with Gasteiger partial charge in [0.05, 0.1) is 75.8 Å². The Bertz CT molecular complexity index is 5450. The predicted molar refractivity (Wildman–Crippen MR) is 450 cm³/mol. The topological polar surface area (TPSA) is 527 Å². The number of carbonyl (C=O) groups is 7. The monoisotopic (exact) mass is 1790 g/mol. The fourth-order valence-corrected chi connectivity index (χ4v) is 19.0. The van der Waals surface area contributed by atoms with Crippen molar-refractivity contribution in [1.29, 1.82) is 0 Å². The number of unbranched alkanes of at least 4 members (excludes halogenated alkanes) is 3. The third kappa shape index (κ3) is 24.1. The highest BCUT2D eigenvalue weighted by Crippen LogP contribution is 2.65. The average molecular weight is 1790 g/mol. The van der Waals surface area contributed by atoms with Gasteiger partial charge in [-0.15, -0.1) is 5.10 Å². The molecule has 124 heavy (non-hydrogen) atoms. The number of aryl methyl sites for hydroxylation is 1. The fraction of sp³-hybridized carbons (Fsp3) is 0.429. The van der Waals surface area contributed by atoms with Crippen LogP contribution in [0.4, 0.5) is 42.1 Å². The fourth-order valence-electron chi connectivity index (χ4n) is 14.0. The highest BCUT2D eigenvalue weighted by molar-refractivity contribution is 8.54. The molecule has 2 unspecified atom stereocenters. The van der Waals surface area contributed by atoms with E-state index in [1.165, 1.54) is 34.1 Å². The van der Waals surface area contributed by atoms with E-state index in [-0.39, 0.29) is 148 Å². The second kappa shape index (κ2) is 42.0. The summed E-state index contributed by atoms with van der Waals surface area (Å²) < 4.78 is 130. The smallest absolute Gasteiger partial charge is 0.407 e. The standard InChI is InChI=1S/C77H93BF2N19O21P3S/c1-121(108,109)114-39-51(100)38-112-33-11-29-85-77(107)113-37-46-19-23-49(24-20-46)92-61(104)35-87-60(103)18-9-8-17-58(101)83-31-28-63(106)96-36-48-12-4-5-13-52(48)69-66(53-14-6-7-15-55(53)96)94-95-99(69)32-10-2-3-16-59(102)86-34-62(105)93-50-25-21-47(22-26-50)42-124-123(111)116-41-57-70(64(79)75(118-57)98-45-91-68-72(82)88-43-89-74(68)98)119-122(78,110)115-40-56-71(120-123)65(80)76(117-56)97-44-90-67-54(81)27-30-84-73(67)97/h4-7,12-15,19-27,30,43-45,51,56-57,64-65,70-71,75-76,100H,2-3,8-11,16-18,28-29,31-42,78H2,1H3,(H2,81,84)(H,83,101)(H,85,107)(H,86,102)(H,87,103)(H,92,104)(H,93,105)(H,108,109)(H2,82,88,89)/t51?,56-,57-,64-,65-,70-,71-,75-,76-,122-,123-/m1/s1. The SMILES string of the molecule is B[P@@]1(=O)OC[C@H]2O[C@@H](n3cnc4c(N)ccnc43)[C@H](F)[C@@H]2O[P@](=O)(SCc2ccc(NC(=O)CNC(=O)CCCCCn3nnc4c3-c3ccccc3CN(C(=O)CCNC(=O)CCCCC(=O)NCC(=O)Nc3ccc(COC(=O)NCCCOCC(O)COP(C)(=O)O)cc3)c3ccccc3-4)cc2)OC[C@H]2O[C@@H](n3cnc4c(N)ncnc43)[C@H](F)[C@@H]2O1. The van der Waals surface area contributed by atoms with Crippen molar-refractivity contribution in [3.05, 3.63) is 145 Å². The van der Waals surface area contributed by atoms with E-state index in [0.717, 1.165) is 37.4 Å². The van der Waals surface area contributed by atoms with E-state index in [2.05, 4.69) is 71.7 Å². The van der Waals surface area contributed by atoms with Gasteiger partial charge in [-0.25, -0.2) is 47.7 Å². The number of aromatic nitrogens is 10. The van der Waals surface area contributed by atoms with E-state index >= 15 is 13.3 Å². The molecule has 47 heteroatoms. The van der Waals surface area contributed by atoms with Gasteiger partial charge in [0.1, 0.15) is 60.2 Å². The number of aliphatic hydroxyl groups excluding tert-OH is 1. The number of benzene rings is 4. The Hall–Kier alpha value is -10.6. The highest BCUT2D eigenvalue weighted by Gasteiger charge is 2.55. The summed E-state index contributed by atoms with van der Waals surface area (Å²) in [5.74, 6) is -2.31. The van der Waals surface area contributed by atoms with Gasteiger partial charge in [-0.3, -0.25) is 56.1 Å². The Morgan fingerprint density at radius 3 is 1.95 bits per heavy atom. The number of alkyl carbamates (subject to hydrolysis) is 1. The van der Waals surface area contributed by atoms with Gasteiger partial charge in [0.25, 0.3) is 15.0 Å². The van der Waals surface area contributed by atoms with Gasteiger partial charge in [0.15, 0.2) is 41.9 Å². The number of amides is 7. The Labute approximate surface area is 713 Å². The van der Waals surface area contributed by atoms with Crippen LogP contribution in [0.25, 0.3) is 44.8 Å². The Kier molecular flexibility index (Phi) is 30.8. The third-order valence-corrected chi connectivity index (χ3v) is 25.7. The largest absolute Gasteiger partial charge is 0.445 e. The van der Waals surface area contributed by atoms with Crippen molar-refractivity contribution in [1.82, 2.24) is 70.3 Å². The summed E-state index contributed by atoms with van der Waals surface area (Å²) in [6, 6.07) is 29.6. The molecule has 7 amide bonds. The molecular formula is C77H93BF2N19O21P3S. The minimum Gasteiger partial charge on any atom is -0.445 e. The second-order valence-electron chi connectivity index (χ2n) is 29.6. The summed E-state index contributed by atoms with van der Waals surface area (Å²) in [4.78, 5) is 123.